The summed E-state index contributed by atoms with van der Waals surface area (Å²) in [4.78, 5) is 11.9. The van der Waals surface area contributed by atoms with Gasteiger partial charge in [-0.15, -0.1) is 0 Å². The molecule has 2 aromatic rings. The summed E-state index contributed by atoms with van der Waals surface area (Å²) in [5.41, 5.74) is 2.08. The van der Waals surface area contributed by atoms with E-state index >= 15 is 0 Å². The second kappa shape index (κ2) is 7.27. The number of aryl methyl sites for hydroxylation is 1. The molecule has 0 bridgehead atoms. The summed E-state index contributed by atoms with van der Waals surface area (Å²) in [5.74, 6) is 0.609. The van der Waals surface area contributed by atoms with Crippen LogP contribution in [0.2, 0.25) is 0 Å². The molecule has 1 atom stereocenters. The summed E-state index contributed by atoms with van der Waals surface area (Å²) in [7, 11) is 0. The van der Waals surface area contributed by atoms with Crippen molar-refractivity contribution < 1.29 is 9.53 Å². The maximum absolute atomic E-state index is 11.9. The molecule has 4 heteroatoms. The Bertz CT molecular complexity index is 610. The first-order valence-corrected chi connectivity index (χ1v) is 7.59. The Kier molecular flexibility index (Phi) is 5.39. The zero-order chi connectivity index (χ0) is 15.2. The van der Waals surface area contributed by atoms with E-state index in [-0.39, 0.29) is 18.6 Å². The van der Waals surface area contributed by atoms with Crippen molar-refractivity contribution in [3.8, 4) is 5.75 Å². The molecule has 0 saturated carbocycles. The van der Waals surface area contributed by atoms with Crippen LogP contribution in [0.25, 0.3) is 0 Å². The second-order valence-electron chi connectivity index (χ2n) is 4.89. The topological polar surface area (TPSA) is 38.3 Å². The van der Waals surface area contributed by atoms with Crippen molar-refractivity contribution in [3.05, 3.63) is 64.1 Å². The average Bonchev–Trinajstić information content (AvgIpc) is 2.47. The third-order valence-electron chi connectivity index (χ3n) is 3.20. The number of rotatable bonds is 5. The van der Waals surface area contributed by atoms with E-state index < -0.39 is 0 Å². The zero-order valence-corrected chi connectivity index (χ0v) is 13.7. The first-order chi connectivity index (χ1) is 10.1. The number of para-hydroxylation sites is 1. The summed E-state index contributed by atoms with van der Waals surface area (Å²) in [6, 6.07) is 15.5. The number of ether oxygens (including phenoxy) is 1. The lowest BCUT2D eigenvalue weighted by Gasteiger charge is -2.15. The van der Waals surface area contributed by atoms with Crippen LogP contribution in [0.4, 0.5) is 0 Å². The third-order valence-corrected chi connectivity index (χ3v) is 3.73. The number of amides is 1. The predicted molar refractivity (Wildman–Crippen MR) is 87.4 cm³/mol. The van der Waals surface area contributed by atoms with Gasteiger partial charge in [-0.05, 0) is 43.2 Å². The van der Waals surface area contributed by atoms with Gasteiger partial charge < -0.3 is 10.1 Å². The summed E-state index contributed by atoms with van der Waals surface area (Å²) in [5, 5.41) is 2.93. The second-order valence-corrected chi connectivity index (χ2v) is 5.81. The molecule has 2 aromatic carbocycles. The summed E-state index contributed by atoms with van der Waals surface area (Å²) in [6.07, 6.45) is 0. The van der Waals surface area contributed by atoms with Gasteiger partial charge in [0.25, 0.3) is 5.91 Å². The summed E-state index contributed by atoms with van der Waals surface area (Å²) >= 11 is 3.40. The SMILES string of the molecule is Cc1ccccc1OCC(=O)NC(C)c1ccc(Br)cc1. The van der Waals surface area contributed by atoms with Gasteiger partial charge in [0.05, 0.1) is 6.04 Å². The number of halogens is 1. The molecule has 1 amide bonds. The molecule has 0 aliphatic heterocycles. The van der Waals surface area contributed by atoms with E-state index in [2.05, 4.69) is 21.2 Å². The van der Waals surface area contributed by atoms with Crippen LogP contribution in [-0.4, -0.2) is 12.5 Å². The first-order valence-electron chi connectivity index (χ1n) is 6.79. The molecule has 3 nitrogen and oxygen atoms in total. The Morgan fingerprint density at radius 2 is 1.86 bits per heavy atom. The number of carbonyl (C=O) groups is 1. The van der Waals surface area contributed by atoms with E-state index in [1.54, 1.807) is 0 Å². The fraction of sp³-hybridized carbons (Fsp3) is 0.235. The lowest BCUT2D eigenvalue weighted by Crippen LogP contribution is -2.31. The lowest BCUT2D eigenvalue weighted by atomic mass is 10.1. The minimum Gasteiger partial charge on any atom is -0.484 e. The Morgan fingerprint density at radius 1 is 1.19 bits per heavy atom. The van der Waals surface area contributed by atoms with Gasteiger partial charge in [0, 0.05) is 4.47 Å². The van der Waals surface area contributed by atoms with E-state index in [1.807, 2.05) is 62.4 Å². The van der Waals surface area contributed by atoms with Crippen LogP contribution >= 0.6 is 15.9 Å². The van der Waals surface area contributed by atoms with Gasteiger partial charge in [-0.1, -0.05) is 46.3 Å². The van der Waals surface area contributed by atoms with Gasteiger partial charge in [-0.25, -0.2) is 0 Å². The number of carbonyl (C=O) groups excluding carboxylic acids is 1. The van der Waals surface area contributed by atoms with Crippen molar-refractivity contribution in [1.29, 1.82) is 0 Å². The van der Waals surface area contributed by atoms with Crippen LogP contribution in [0.3, 0.4) is 0 Å². The standard InChI is InChI=1S/C17H18BrNO2/c1-12-5-3-4-6-16(12)21-11-17(20)19-13(2)14-7-9-15(18)10-8-14/h3-10,13H,11H2,1-2H3,(H,19,20). The molecule has 0 radical (unpaired) electrons. The van der Waals surface area contributed by atoms with Crippen molar-refractivity contribution >= 4 is 21.8 Å². The molecule has 0 aliphatic rings. The van der Waals surface area contributed by atoms with Gasteiger partial charge in [-0.2, -0.15) is 0 Å². The van der Waals surface area contributed by atoms with E-state index in [1.165, 1.54) is 0 Å². The van der Waals surface area contributed by atoms with Crippen molar-refractivity contribution in [2.45, 2.75) is 19.9 Å². The Hall–Kier alpha value is -1.81. The molecule has 0 fully saturated rings. The molecule has 1 unspecified atom stereocenters. The fourth-order valence-electron chi connectivity index (χ4n) is 1.98. The van der Waals surface area contributed by atoms with E-state index in [9.17, 15) is 4.79 Å². The highest BCUT2D eigenvalue weighted by atomic mass is 79.9. The minimum atomic E-state index is -0.131. The molecule has 2 rings (SSSR count). The van der Waals surface area contributed by atoms with Crippen molar-refractivity contribution in [2.75, 3.05) is 6.61 Å². The smallest absolute Gasteiger partial charge is 0.258 e. The normalized spacial score (nSPS) is 11.8. The highest BCUT2D eigenvalue weighted by Crippen LogP contribution is 2.17. The number of hydrogen-bond acceptors (Lipinski definition) is 2. The van der Waals surface area contributed by atoms with E-state index in [0.29, 0.717) is 0 Å². The monoisotopic (exact) mass is 347 g/mol. The van der Waals surface area contributed by atoms with Crippen LogP contribution < -0.4 is 10.1 Å². The molecule has 0 aromatic heterocycles. The molecule has 110 valence electrons. The maximum atomic E-state index is 11.9. The van der Waals surface area contributed by atoms with Crippen LogP contribution in [0.1, 0.15) is 24.1 Å². The van der Waals surface area contributed by atoms with Crippen LogP contribution in [0, 0.1) is 6.92 Å². The van der Waals surface area contributed by atoms with Crippen molar-refractivity contribution in [2.24, 2.45) is 0 Å². The van der Waals surface area contributed by atoms with Gasteiger partial charge in [0.2, 0.25) is 0 Å². The van der Waals surface area contributed by atoms with Crippen LogP contribution in [-0.2, 0) is 4.79 Å². The first kappa shape index (κ1) is 15.6. The molecule has 21 heavy (non-hydrogen) atoms. The van der Waals surface area contributed by atoms with Gasteiger partial charge in [-0.3, -0.25) is 4.79 Å². The van der Waals surface area contributed by atoms with Gasteiger partial charge in [0.1, 0.15) is 5.75 Å². The third kappa shape index (κ3) is 4.60. The minimum absolute atomic E-state index is 0.0196. The number of hydrogen-bond donors (Lipinski definition) is 1. The molecular formula is C17H18BrNO2. The largest absolute Gasteiger partial charge is 0.484 e. The average molecular weight is 348 g/mol. The summed E-state index contributed by atoms with van der Waals surface area (Å²) in [6.45, 7) is 3.93. The Balaban J connectivity index is 1.87. The van der Waals surface area contributed by atoms with Crippen molar-refractivity contribution in [1.82, 2.24) is 5.32 Å². The maximum Gasteiger partial charge on any atom is 0.258 e. The zero-order valence-electron chi connectivity index (χ0n) is 12.1. The molecule has 0 spiro atoms. The molecular weight excluding hydrogens is 330 g/mol. The lowest BCUT2D eigenvalue weighted by molar-refractivity contribution is -0.123. The van der Waals surface area contributed by atoms with Gasteiger partial charge >= 0.3 is 0 Å². The number of nitrogens with one attached hydrogen (secondary N) is 1. The van der Waals surface area contributed by atoms with Crippen molar-refractivity contribution in [3.63, 3.8) is 0 Å². The fourth-order valence-corrected chi connectivity index (χ4v) is 2.24. The predicted octanol–water partition coefficient (Wildman–Crippen LogP) is 4.01. The molecule has 0 saturated heterocycles. The van der Waals surface area contributed by atoms with Crippen LogP contribution in [0.15, 0.2) is 53.0 Å². The van der Waals surface area contributed by atoms with Crippen LogP contribution in [0.5, 0.6) is 5.75 Å². The van der Waals surface area contributed by atoms with Gasteiger partial charge in [0.15, 0.2) is 6.61 Å². The quantitative estimate of drug-likeness (QED) is 0.887. The molecule has 0 heterocycles. The molecule has 0 aliphatic carbocycles. The van der Waals surface area contributed by atoms with E-state index in [4.69, 9.17) is 4.74 Å². The highest BCUT2D eigenvalue weighted by molar-refractivity contribution is 9.10. The number of benzene rings is 2. The van der Waals surface area contributed by atoms with E-state index in [0.717, 1.165) is 21.3 Å². The summed E-state index contributed by atoms with van der Waals surface area (Å²) < 4.78 is 6.56. The highest BCUT2D eigenvalue weighted by Gasteiger charge is 2.10. The Labute approximate surface area is 133 Å². The Morgan fingerprint density at radius 3 is 2.52 bits per heavy atom. The molecule has 1 N–H and O–H groups in total.